The molecule has 0 unspecified atom stereocenters. The maximum Gasteiger partial charge on any atom is 0.321 e. The number of pyridine rings is 1. The van der Waals surface area contributed by atoms with Gasteiger partial charge in [0.05, 0.1) is 32.8 Å². The second kappa shape index (κ2) is 13.1. The summed E-state index contributed by atoms with van der Waals surface area (Å²) >= 11 is 0. The molecule has 0 bridgehead atoms. The highest BCUT2D eigenvalue weighted by molar-refractivity contribution is 5.97. The first-order chi connectivity index (χ1) is 18.1. The molecular formula is C28H37N5O5. The molecule has 3 amide bonds. The Balaban J connectivity index is 1.84. The van der Waals surface area contributed by atoms with Crippen molar-refractivity contribution in [1.29, 1.82) is 0 Å². The lowest BCUT2D eigenvalue weighted by Gasteiger charge is -2.37. The number of nitrogens with one attached hydrogen (secondary N) is 1. The normalized spacial score (nSPS) is 17.8. The monoisotopic (exact) mass is 523 g/mol. The minimum atomic E-state index is -0.458. The molecule has 2 N–H and O–H groups in total. The van der Waals surface area contributed by atoms with Gasteiger partial charge in [-0.25, -0.2) is 9.78 Å². The van der Waals surface area contributed by atoms with E-state index in [2.05, 4.69) is 22.1 Å². The Morgan fingerprint density at radius 1 is 1.32 bits per heavy atom. The first-order valence-electron chi connectivity index (χ1n) is 12.5. The Labute approximate surface area is 224 Å². The number of aromatic nitrogens is 1. The number of methoxy groups -OCH3 is 1. The number of anilines is 1. The Bertz CT molecular complexity index is 1170. The quantitative estimate of drug-likeness (QED) is 0.537. The number of aliphatic hydroxyl groups excluding tert-OH is 1. The van der Waals surface area contributed by atoms with Crippen molar-refractivity contribution >= 4 is 17.6 Å². The third-order valence-corrected chi connectivity index (χ3v) is 6.29. The molecule has 1 aromatic heterocycles. The summed E-state index contributed by atoms with van der Waals surface area (Å²) in [4.78, 5) is 36.0. The van der Waals surface area contributed by atoms with E-state index in [0.29, 0.717) is 30.1 Å². The molecule has 3 rings (SSSR count). The largest absolute Gasteiger partial charge is 0.497 e. The minimum Gasteiger partial charge on any atom is -0.497 e. The third kappa shape index (κ3) is 7.37. The number of hydrogen-bond donors (Lipinski definition) is 2. The zero-order valence-corrected chi connectivity index (χ0v) is 22.9. The second-order valence-electron chi connectivity index (χ2n) is 9.78. The third-order valence-electron chi connectivity index (χ3n) is 6.29. The van der Waals surface area contributed by atoms with Crippen LogP contribution in [0.3, 0.4) is 0 Å². The number of rotatable bonds is 7. The van der Waals surface area contributed by atoms with Gasteiger partial charge in [0.1, 0.15) is 17.4 Å². The van der Waals surface area contributed by atoms with Gasteiger partial charge in [-0.05, 0) is 51.4 Å². The van der Waals surface area contributed by atoms with Gasteiger partial charge in [0.15, 0.2) is 0 Å². The summed E-state index contributed by atoms with van der Waals surface area (Å²) in [7, 11) is 7.12. The lowest BCUT2D eigenvalue weighted by atomic mass is 10.00. The standard InChI is InChI=1S/C28H37N5O5/c1-19-16-33(20(2)18-34)27(35)24-14-21(8-7-13-31(3)4)15-29-26(24)38-25(19)17-32(5)28(36)30-22-9-11-23(37-6)12-10-22/h9-12,14-15,19-20,25,34H,13,16-18H2,1-6H3,(H,30,36)/t19-,20-,25+/m1/s1. The number of hydrogen-bond acceptors (Lipinski definition) is 7. The molecule has 38 heavy (non-hydrogen) atoms. The SMILES string of the molecule is COc1ccc(NC(=O)N(C)C[C@@H]2Oc3ncc(C#CCN(C)C)cc3C(=O)N([C@H](C)CO)C[C@H]2C)cc1. The molecule has 0 aliphatic carbocycles. The van der Waals surface area contributed by atoms with E-state index in [9.17, 15) is 14.7 Å². The number of carbonyl (C=O) groups is 2. The second-order valence-corrected chi connectivity index (χ2v) is 9.78. The van der Waals surface area contributed by atoms with Gasteiger partial charge in [0, 0.05) is 37.0 Å². The van der Waals surface area contributed by atoms with Crippen molar-refractivity contribution < 1.29 is 24.2 Å². The number of urea groups is 1. The molecule has 2 aromatic rings. The first-order valence-corrected chi connectivity index (χ1v) is 12.5. The van der Waals surface area contributed by atoms with Gasteiger partial charge in [-0.15, -0.1) is 0 Å². The number of carbonyl (C=O) groups excluding carboxylic acids is 2. The number of likely N-dealkylation sites (N-methyl/N-ethyl adjacent to an activating group) is 1. The zero-order valence-electron chi connectivity index (χ0n) is 22.9. The van der Waals surface area contributed by atoms with Gasteiger partial charge in [-0.1, -0.05) is 18.8 Å². The van der Waals surface area contributed by atoms with E-state index in [-0.39, 0.29) is 42.5 Å². The van der Waals surface area contributed by atoms with Crippen molar-refractivity contribution in [2.24, 2.45) is 5.92 Å². The average molecular weight is 524 g/mol. The molecule has 0 saturated carbocycles. The Hall–Kier alpha value is -3.81. The summed E-state index contributed by atoms with van der Waals surface area (Å²) in [6, 6.07) is 8.03. The molecule has 10 heteroatoms. The van der Waals surface area contributed by atoms with Crippen LogP contribution in [-0.2, 0) is 0 Å². The average Bonchev–Trinajstić information content (AvgIpc) is 2.90. The molecular weight excluding hydrogens is 486 g/mol. The number of ether oxygens (including phenoxy) is 2. The predicted octanol–water partition coefficient (Wildman–Crippen LogP) is 2.39. The van der Waals surface area contributed by atoms with Crippen LogP contribution in [0.5, 0.6) is 11.6 Å². The van der Waals surface area contributed by atoms with E-state index in [0.717, 1.165) is 0 Å². The fourth-order valence-corrected chi connectivity index (χ4v) is 3.93. The van der Waals surface area contributed by atoms with Crippen molar-refractivity contribution in [3.8, 4) is 23.5 Å². The molecule has 0 fully saturated rings. The number of nitrogens with zero attached hydrogens (tertiary/aromatic N) is 4. The number of fused-ring (bicyclic) bond motifs is 1. The van der Waals surface area contributed by atoms with Crippen LogP contribution in [0.4, 0.5) is 10.5 Å². The van der Waals surface area contributed by atoms with Crippen molar-refractivity contribution in [3.63, 3.8) is 0 Å². The van der Waals surface area contributed by atoms with Crippen LogP contribution >= 0.6 is 0 Å². The Morgan fingerprint density at radius 3 is 2.66 bits per heavy atom. The maximum atomic E-state index is 13.5. The topological polar surface area (TPSA) is 107 Å². The van der Waals surface area contributed by atoms with Crippen LogP contribution in [-0.4, -0.2) is 103 Å². The zero-order chi connectivity index (χ0) is 27.8. The summed E-state index contributed by atoms with van der Waals surface area (Å²) in [5.41, 5.74) is 1.52. The van der Waals surface area contributed by atoms with Gasteiger partial charge >= 0.3 is 6.03 Å². The van der Waals surface area contributed by atoms with Crippen molar-refractivity contribution in [3.05, 3.63) is 47.7 Å². The van der Waals surface area contributed by atoms with Gasteiger partial charge < -0.3 is 29.7 Å². The molecule has 204 valence electrons. The first kappa shape index (κ1) is 28.8. The van der Waals surface area contributed by atoms with Crippen LogP contribution in [0.15, 0.2) is 36.5 Å². The maximum absolute atomic E-state index is 13.5. The van der Waals surface area contributed by atoms with E-state index < -0.39 is 12.1 Å². The Morgan fingerprint density at radius 2 is 2.03 bits per heavy atom. The van der Waals surface area contributed by atoms with E-state index in [1.165, 1.54) is 4.90 Å². The molecule has 1 aliphatic rings. The van der Waals surface area contributed by atoms with E-state index >= 15 is 0 Å². The van der Waals surface area contributed by atoms with Gasteiger partial charge in [-0.2, -0.15) is 0 Å². The highest BCUT2D eigenvalue weighted by Crippen LogP contribution is 2.27. The van der Waals surface area contributed by atoms with E-state index in [4.69, 9.17) is 9.47 Å². The fourth-order valence-electron chi connectivity index (χ4n) is 3.93. The number of amides is 3. The predicted molar refractivity (Wildman–Crippen MR) is 145 cm³/mol. The molecule has 10 nitrogen and oxygen atoms in total. The van der Waals surface area contributed by atoms with Crippen LogP contribution in [0.2, 0.25) is 0 Å². The summed E-state index contributed by atoms with van der Waals surface area (Å²) < 4.78 is 11.4. The molecule has 0 saturated heterocycles. The summed E-state index contributed by atoms with van der Waals surface area (Å²) in [6.45, 7) is 4.74. The van der Waals surface area contributed by atoms with Gasteiger partial charge in [0.2, 0.25) is 5.88 Å². The number of aliphatic hydroxyl groups is 1. The van der Waals surface area contributed by atoms with Gasteiger partial charge in [-0.3, -0.25) is 9.69 Å². The number of benzene rings is 1. The van der Waals surface area contributed by atoms with Crippen molar-refractivity contribution in [2.75, 3.05) is 59.8 Å². The molecule has 1 aromatic carbocycles. The molecule has 3 atom stereocenters. The highest BCUT2D eigenvalue weighted by atomic mass is 16.5. The van der Waals surface area contributed by atoms with Crippen molar-refractivity contribution in [2.45, 2.75) is 26.0 Å². The van der Waals surface area contributed by atoms with E-state index in [1.807, 2.05) is 25.9 Å². The molecule has 0 spiro atoms. The summed E-state index contributed by atoms with van der Waals surface area (Å²) in [5, 5.41) is 12.7. The molecule has 1 aliphatic heterocycles. The molecule has 2 heterocycles. The van der Waals surface area contributed by atoms with Crippen LogP contribution < -0.4 is 14.8 Å². The van der Waals surface area contributed by atoms with Crippen molar-refractivity contribution in [1.82, 2.24) is 19.7 Å². The smallest absolute Gasteiger partial charge is 0.321 e. The highest BCUT2D eigenvalue weighted by Gasteiger charge is 2.34. The summed E-state index contributed by atoms with van der Waals surface area (Å²) in [6.07, 6.45) is 1.12. The van der Waals surface area contributed by atoms with Gasteiger partial charge in [0.25, 0.3) is 5.91 Å². The van der Waals surface area contributed by atoms with Crippen LogP contribution in [0.1, 0.15) is 29.8 Å². The van der Waals surface area contributed by atoms with Crippen LogP contribution in [0.25, 0.3) is 0 Å². The molecule has 0 radical (unpaired) electrons. The minimum absolute atomic E-state index is 0.154. The Kier molecular flexibility index (Phi) is 9.93. The lowest BCUT2D eigenvalue weighted by molar-refractivity contribution is 0.0356. The fraction of sp³-hybridized carbons (Fsp3) is 0.464. The lowest BCUT2D eigenvalue weighted by Crippen LogP contribution is -2.50. The van der Waals surface area contributed by atoms with Crippen LogP contribution in [0, 0.1) is 17.8 Å². The van der Waals surface area contributed by atoms with E-state index in [1.54, 1.807) is 62.5 Å². The summed E-state index contributed by atoms with van der Waals surface area (Å²) in [5.74, 6) is 6.54.